The molecule has 0 aromatic heterocycles. The van der Waals surface area contributed by atoms with Crippen LogP contribution in [0.25, 0.3) is 0 Å². The lowest BCUT2D eigenvalue weighted by Gasteiger charge is -2.23. The highest BCUT2D eigenvalue weighted by atomic mass is 16.3. The van der Waals surface area contributed by atoms with Crippen molar-refractivity contribution in [3.63, 3.8) is 0 Å². The molecule has 0 aromatic carbocycles. The zero-order valence-corrected chi connectivity index (χ0v) is 8.45. The van der Waals surface area contributed by atoms with Crippen molar-refractivity contribution in [1.82, 2.24) is 10.2 Å². The monoisotopic (exact) mass is 188 g/mol. The topological polar surface area (TPSA) is 55.7 Å². The molecule has 1 saturated heterocycles. The van der Waals surface area contributed by atoms with Gasteiger partial charge in [0.05, 0.1) is 12.2 Å². The summed E-state index contributed by atoms with van der Waals surface area (Å²) < 4.78 is 0. The van der Waals surface area contributed by atoms with Gasteiger partial charge < -0.3 is 20.4 Å². The number of aliphatic hydroxyl groups is 2. The van der Waals surface area contributed by atoms with Crippen LogP contribution in [0.5, 0.6) is 0 Å². The van der Waals surface area contributed by atoms with E-state index in [0.717, 1.165) is 19.5 Å². The van der Waals surface area contributed by atoms with E-state index in [4.69, 9.17) is 5.11 Å². The first-order valence-electron chi connectivity index (χ1n) is 4.79. The summed E-state index contributed by atoms with van der Waals surface area (Å²) in [5.41, 5.74) is -0.985. The Morgan fingerprint density at radius 2 is 2.31 bits per heavy atom. The van der Waals surface area contributed by atoms with Crippen LogP contribution in [0.4, 0.5) is 0 Å². The summed E-state index contributed by atoms with van der Waals surface area (Å²) in [6.07, 6.45) is 1.12. The van der Waals surface area contributed by atoms with Crippen molar-refractivity contribution in [3.8, 4) is 0 Å². The predicted molar refractivity (Wildman–Crippen MR) is 51.6 cm³/mol. The van der Waals surface area contributed by atoms with Crippen LogP contribution in [0, 0.1) is 0 Å². The maximum Gasteiger partial charge on any atom is 0.0972 e. The lowest BCUT2D eigenvalue weighted by molar-refractivity contribution is 0.000984. The molecule has 2 unspecified atom stereocenters. The number of nitrogens with one attached hydrogen (secondary N) is 1. The molecule has 1 aliphatic rings. The zero-order valence-electron chi connectivity index (χ0n) is 8.45. The maximum atomic E-state index is 9.52. The Hall–Kier alpha value is -0.160. The Kier molecular flexibility index (Phi) is 3.67. The van der Waals surface area contributed by atoms with Gasteiger partial charge in [-0.2, -0.15) is 0 Å². The molecule has 1 fully saturated rings. The SMILES string of the molecule is CN1CCC(NCC(C)(O)CO)C1. The molecular formula is C9H20N2O2. The lowest BCUT2D eigenvalue weighted by Crippen LogP contribution is -2.45. The van der Waals surface area contributed by atoms with Crippen molar-refractivity contribution in [1.29, 1.82) is 0 Å². The first-order valence-corrected chi connectivity index (χ1v) is 4.79. The van der Waals surface area contributed by atoms with E-state index in [0.29, 0.717) is 12.6 Å². The van der Waals surface area contributed by atoms with E-state index in [1.807, 2.05) is 0 Å². The fraction of sp³-hybridized carbons (Fsp3) is 1.00. The van der Waals surface area contributed by atoms with Crippen LogP contribution in [0.3, 0.4) is 0 Å². The Balaban J connectivity index is 2.19. The van der Waals surface area contributed by atoms with Gasteiger partial charge in [0.1, 0.15) is 0 Å². The Morgan fingerprint density at radius 1 is 1.62 bits per heavy atom. The van der Waals surface area contributed by atoms with Gasteiger partial charge in [-0.1, -0.05) is 0 Å². The van der Waals surface area contributed by atoms with Crippen LogP contribution >= 0.6 is 0 Å². The van der Waals surface area contributed by atoms with E-state index >= 15 is 0 Å². The second-order valence-electron chi connectivity index (χ2n) is 4.28. The summed E-state index contributed by atoms with van der Waals surface area (Å²) in [4.78, 5) is 2.26. The molecule has 1 heterocycles. The van der Waals surface area contributed by atoms with Crippen molar-refractivity contribution in [2.24, 2.45) is 0 Å². The van der Waals surface area contributed by atoms with Gasteiger partial charge in [-0.15, -0.1) is 0 Å². The highest BCUT2D eigenvalue weighted by molar-refractivity contribution is 4.83. The smallest absolute Gasteiger partial charge is 0.0972 e. The maximum absolute atomic E-state index is 9.52. The van der Waals surface area contributed by atoms with Crippen LogP contribution in [0.1, 0.15) is 13.3 Å². The van der Waals surface area contributed by atoms with Crippen molar-refractivity contribution in [3.05, 3.63) is 0 Å². The molecule has 0 spiro atoms. The standard InChI is InChI=1S/C9H20N2O2/c1-9(13,7-12)6-10-8-3-4-11(2)5-8/h8,10,12-13H,3-7H2,1-2H3. The third-order valence-electron chi connectivity index (χ3n) is 2.50. The van der Waals surface area contributed by atoms with E-state index in [2.05, 4.69) is 17.3 Å². The van der Waals surface area contributed by atoms with Crippen molar-refractivity contribution >= 4 is 0 Å². The van der Waals surface area contributed by atoms with E-state index in [9.17, 15) is 5.11 Å². The summed E-state index contributed by atoms with van der Waals surface area (Å²) >= 11 is 0. The fourth-order valence-corrected chi connectivity index (χ4v) is 1.52. The van der Waals surface area contributed by atoms with E-state index in [1.54, 1.807) is 6.92 Å². The van der Waals surface area contributed by atoms with E-state index in [-0.39, 0.29) is 6.61 Å². The first-order chi connectivity index (χ1) is 6.03. The Labute approximate surface area is 79.6 Å². The van der Waals surface area contributed by atoms with E-state index < -0.39 is 5.60 Å². The minimum absolute atomic E-state index is 0.192. The van der Waals surface area contributed by atoms with Crippen LogP contribution in [0.15, 0.2) is 0 Å². The Bertz CT molecular complexity index is 162. The van der Waals surface area contributed by atoms with Gasteiger partial charge in [0.25, 0.3) is 0 Å². The number of likely N-dealkylation sites (tertiary alicyclic amines) is 1. The zero-order chi connectivity index (χ0) is 9.90. The average molecular weight is 188 g/mol. The van der Waals surface area contributed by atoms with E-state index in [1.165, 1.54) is 0 Å². The molecule has 4 nitrogen and oxygen atoms in total. The number of hydrogen-bond acceptors (Lipinski definition) is 4. The molecule has 0 bridgehead atoms. The third kappa shape index (κ3) is 3.60. The van der Waals surface area contributed by atoms with Gasteiger partial charge in [-0.25, -0.2) is 0 Å². The minimum atomic E-state index is -0.985. The summed E-state index contributed by atoms with van der Waals surface area (Å²) in [6.45, 7) is 4.05. The molecule has 2 atom stereocenters. The second-order valence-corrected chi connectivity index (χ2v) is 4.28. The Morgan fingerprint density at radius 3 is 2.77 bits per heavy atom. The van der Waals surface area contributed by atoms with Crippen molar-refractivity contribution in [2.75, 3.05) is 33.3 Å². The van der Waals surface area contributed by atoms with Crippen LogP contribution in [0.2, 0.25) is 0 Å². The summed E-state index contributed by atoms with van der Waals surface area (Å²) in [5, 5.41) is 21.6. The molecule has 3 N–H and O–H groups in total. The number of rotatable bonds is 4. The molecule has 0 saturated carbocycles. The first kappa shape index (κ1) is 10.9. The quantitative estimate of drug-likeness (QED) is 0.531. The van der Waals surface area contributed by atoms with Crippen LogP contribution in [-0.2, 0) is 0 Å². The molecule has 1 rings (SSSR count). The highest BCUT2D eigenvalue weighted by Crippen LogP contribution is 2.07. The highest BCUT2D eigenvalue weighted by Gasteiger charge is 2.23. The van der Waals surface area contributed by atoms with Gasteiger partial charge in [0.15, 0.2) is 0 Å². The molecule has 78 valence electrons. The molecule has 0 aromatic rings. The molecule has 0 aliphatic carbocycles. The van der Waals surface area contributed by atoms with Crippen molar-refractivity contribution < 1.29 is 10.2 Å². The average Bonchev–Trinajstić information content (AvgIpc) is 2.48. The van der Waals surface area contributed by atoms with Gasteiger partial charge in [0, 0.05) is 19.1 Å². The minimum Gasteiger partial charge on any atom is -0.393 e. The molecule has 0 radical (unpaired) electrons. The normalized spacial score (nSPS) is 29.1. The summed E-state index contributed by atoms with van der Waals surface area (Å²) in [6, 6.07) is 0.461. The third-order valence-corrected chi connectivity index (χ3v) is 2.50. The lowest BCUT2D eigenvalue weighted by atomic mass is 10.1. The number of hydrogen-bond donors (Lipinski definition) is 3. The van der Waals surface area contributed by atoms with Gasteiger partial charge in [-0.3, -0.25) is 0 Å². The van der Waals surface area contributed by atoms with Gasteiger partial charge >= 0.3 is 0 Å². The summed E-state index contributed by atoms with van der Waals surface area (Å²) in [5.74, 6) is 0. The van der Waals surface area contributed by atoms with Crippen LogP contribution in [-0.4, -0.2) is 60.0 Å². The van der Waals surface area contributed by atoms with Gasteiger partial charge in [0.2, 0.25) is 0 Å². The molecule has 13 heavy (non-hydrogen) atoms. The number of aliphatic hydroxyl groups excluding tert-OH is 1. The second kappa shape index (κ2) is 4.37. The largest absolute Gasteiger partial charge is 0.393 e. The number of likely N-dealkylation sites (N-methyl/N-ethyl adjacent to an activating group) is 1. The predicted octanol–water partition coefficient (Wildman–Crippen LogP) is -0.977. The number of nitrogens with zero attached hydrogens (tertiary/aromatic N) is 1. The van der Waals surface area contributed by atoms with Gasteiger partial charge in [-0.05, 0) is 26.9 Å². The molecule has 4 heteroatoms. The van der Waals surface area contributed by atoms with Crippen molar-refractivity contribution in [2.45, 2.75) is 25.0 Å². The molecule has 1 aliphatic heterocycles. The fourth-order valence-electron chi connectivity index (χ4n) is 1.52. The molecular weight excluding hydrogens is 168 g/mol. The van der Waals surface area contributed by atoms with Crippen LogP contribution < -0.4 is 5.32 Å². The summed E-state index contributed by atoms with van der Waals surface area (Å²) in [7, 11) is 2.09. The molecule has 0 amide bonds.